The zero-order chi connectivity index (χ0) is 13.6. The molecule has 0 aromatic rings. The lowest BCUT2D eigenvalue weighted by molar-refractivity contribution is -0.158. The topological polar surface area (TPSA) is 67.4 Å². The molecule has 1 atom stereocenters. The average Bonchev–Trinajstić information content (AvgIpc) is 2.11. The highest BCUT2D eigenvalue weighted by molar-refractivity contribution is 5.83. The highest BCUT2D eigenvalue weighted by Crippen LogP contribution is 2.12. The van der Waals surface area contributed by atoms with Crippen LogP contribution in [0, 0.1) is 5.92 Å². The van der Waals surface area contributed by atoms with Crippen LogP contribution in [0.3, 0.4) is 0 Å². The molecule has 0 radical (unpaired) electrons. The van der Waals surface area contributed by atoms with Crippen LogP contribution in [0.2, 0.25) is 0 Å². The Kier molecular flexibility index (Phi) is 5.99. The molecule has 0 aromatic carbocycles. The minimum Gasteiger partial charge on any atom is -0.458 e. The van der Waals surface area contributed by atoms with E-state index >= 15 is 0 Å². The van der Waals surface area contributed by atoms with E-state index in [0.29, 0.717) is 6.54 Å². The summed E-state index contributed by atoms with van der Waals surface area (Å²) in [7, 11) is 0. The van der Waals surface area contributed by atoms with Crippen molar-refractivity contribution in [3.05, 3.63) is 0 Å². The van der Waals surface area contributed by atoms with E-state index in [1.807, 2.05) is 20.8 Å². The van der Waals surface area contributed by atoms with Crippen molar-refractivity contribution < 1.29 is 14.3 Å². The van der Waals surface area contributed by atoms with Crippen LogP contribution in [-0.4, -0.2) is 30.2 Å². The molecule has 5 heteroatoms. The zero-order valence-corrected chi connectivity index (χ0v) is 11.6. The molecule has 17 heavy (non-hydrogen) atoms. The highest BCUT2D eigenvalue weighted by atomic mass is 16.6. The average molecular weight is 244 g/mol. The first kappa shape index (κ1) is 15.7. The lowest BCUT2D eigenvalue weighted by Crippen LogP contribution is -2.50. The molecule has 0 heterocycles. The van der Waals surface area contributed by atoms with Gasteiger partial charge in [0.1, 0.15) is 11.6 Å². The van der Waals surface area contributed by atoms with Gasteiger partial charge in [-0.1, -0.05) is 13.8 Å². The van der Waals surface area contributed by atoms with Crippen LogP contribution in [0.5, 0.6) is 0 Å². The standard InChI is InChI=1S/C12H24N2O3/c1-7-13-11(16)14-9(8(2)3)10(15)17-12(4,5)6/h8-9H,7H2,1-6H3,(H2,13,14,16)/t9-/m1/s1. The minimum atomic E-state index is -0.624. The van der Waals surface area contributed by atoms with Gasteiger partial charge in [-0.3, -0.25) is 0 Å². The molecule has 0 spiro atoms. The molecule has 0 aromatic heterocycles. The van der Waals surface area contributed by atoms with Gasteiger partial charge in [-0.25, -0.2) is 9.59 Å². The predicted molar refractivity (Wildman–Crippen MR) is 66.7 cm³/mol. The van der Waals surface area contributed by atoms with E-state index in [4.69, 9.17) is 4.74 Å². The summed E-state index contributed by atoms with van der Waals surface area (Å²) in [6.45, 7) is 11.5. The Morgan fingerprint density at radius 3 is 2.12 bits per heavy atom. The molecule has 0 aliphatic rings. The number of hydrogen-bond acceptors (Lipinski definition) is 3. The maximum Gasteiger partial charge on any atom is 0.329 e. The molecular formula is C12H24N2O3. The fraction of sp³-hybridized carbons (Fsp3) is 0.833. The molecule has 0 rings (SSSR count). The normalized spacial score (nSPS) is 13.1. The maximum atomic E-state index is 11.9. The zero-order valence-electron chi connectivity index (χ0n) is 11.6. The Bertz CT molecular complexity index is 269. The number of rotatable bonds is 4. The Labute approximate surface area is 103 Å². The third kappa shape index (κ3) is 6.81. The van der Waals surface area contributed by atoms with Crippen molar-refractivity contribution in [3.63, 3.8) is 0 Å². The number of carbonyl (C=O) groups is 2. The summed E-state index contributed by atoms with van der Waals surface area (Å²) < 4.78 is 5.26. The van der Waals surface area contributed by atoms with E-state index in [0.717, 1.165) is 0 Å². The van der Waals surface area contributed by atoms with Gasteiger partial charge in [-0.05, 0) is 33.6 Å². The van der Waals surface area contributed by atoms with Gasteiger partial charge >= 0.3 is 12.0 Å². The molecule has 0 bridgehead atoms. The number of urea groups is 1. The van der Waals surface area contributed by atoms with Crippen molar-refractivity contribution in [2.75, 3.05) is 6.54 Å². The van der Waals surface area contributed by atoms with Gasteiger partial charge in [0.2, 0.25) is 0 Å². The first-order valence-electron chi connectivity index (χ1n) is 5.94. The minimum absolute atomic E-state index is 0.0209. The Morgan fingerprint density at radius 2 is 1.76 bits per heavy atom. The van der Waals surface area contributed by atoms with E-state index in [2.05, 4.69) is 10.6 Å². The molecular weight excluding hydrogens is 220 g/mol. The third-order valence-electron chi connectivity index (χ3n) is 1.95. The van der Waals surface area contributed by atoms with Crippen LogP contribution < -0.4 is 10.6 Å². The van der Waals surface area contributed by atoms with Gasteiger partial charge in [-0.15, -0.1) is 0 Å². The molecule has 0 aliphatic carbocycles. The van der Waals surface area contributed by atoms with Crippen molar-refractivity contribution in [2.45, 2.75) is 53.2 Å². The molecule has 0 saturated carbocycles. The summed E-state index contributed by atoms with van der Waals surface area (Å²) in [5, 5.41) is 5.21. The van der Waals surface area contributed by atoms with Gasteiger partial charge < -0.3 is 15.4 Å². The van der Waals surface area contributed by atoms with Crippen LogP contribution in [-0.2, 0) is 9.53 Å². The van der Waals surface area contributed by atoms with Crippen molar-refractivity contribution in [1.29, 1.82) is 0 Å². The van der Waals surface area contributed by atoms with Gasteiger partial charge in [0.05, 0.1) is 0 Å². The van der Waals surface area contributed by atoms with Crippen molar-refractivity contribution in [1.82, 2.24) is 10.6 Å². The quantitative estimate of drug-likeness (QED) is 0.739. The highest BCUT2D eigenvalue weighted by Gasteiger charge is 2.28. The first-order chi connectivity index (χ1) is 7.67. The van der Waals surface area contributed by atoms with Crippen LogP contribution in [0.4, 0.5) is 4.79 Å². The Hall–Kier alpha value is -1.26. The SMILES string of the molecule is CCNC(=O)N[C@@H](C(=O)OC(C)(C)C)C(C)C. The van der Waals surface area contributed by atoms with E-state index < -0.39 is 17.6 Å². The number of hydrogen-bond donors (Lipinski definition) is 2. The van der Waals surface area contributed by atoms with E-state index in [-0.39, 0.29) is 11.9 Å². The van der Waals surface area contributed by atoms with Crippen LogP contribution in [0.15, 0.2) is 0 Å². The number of ether oxygens (including phenoxy) is 1. The van der Waals surface area contributed by atoms with E-state index in [1.54, 1.807) is 20.8 Å². The summed E-state index contributed by atoms with van der Waals surface area (Å²) in [4.78, 5) is 23.3. The third-order valence-corrected chi connectivity index (χ3v) is 1.95. The molecule has 5 nitrogen and oxygen atoms in total. The van der Waals surface area contributed by atoms with E-state index in [9.17, 15) is 9.59 Å². The lowest BCUT2D eigenvalue weighted by atomic mass is 10.0. The van der Waals surface area contributed by atoms with Gasteiger partial charge in [0, 0.05) is 6.54 Å². The van der Waals surface area contributed by atoms with Crippen molar-refractivity contribution in [2.24, 2.45) is 5.92 Å². The molecule has 0 saturated heterocycles. The molecule has 2 amide bonds. The van der Waals surface area contributed by atoms with Crippen molar-refractivity contribution in [3.8, 4) is 0 Å². The number of nitrogens with one attached hydrogen (secondary N) is 2. The first-order valence-corrected chi connectivity index (χ1v) is 5.94. The number of amides is 2. The van der Waals surface area contributed by atoms with Gasteiger partial charge in [-0.2, -0.15) is 0 Å². The fourth-order valence-corrected chi connectivity index (χ4v) is 1.22. The van der Waals surface area contributed by atoms with Gasteiger partial charge in [0.25, 0.3) is 0 Å². The molecule has 0 unspecified atom stereocenters. The monoisotopic (exact) mass is 244 g/mol. The second-order valence-electron chi connectivity index (χ2n) is 5.26. The summed E-state index contributed by atoms with van der Waals surface area (Å²) in [5.74, 6) is -0.425. The fourth-order valence-electron chi connectivity index (χ4n) is 1.22. The molecule has 0 aliphatic heterocycles. The van der Waals surface area contributed by atoms with Crippen LogP contribution >= 0.6 is 0 Å². The lowest BCUT2D eigenvalue weighted by Gasteiger charge is -2.26. The largest absolute Gasteiger partial charge is 0.458 e. The Morgan fingerprint density at radius 1 is 1.24 bits per heavy atom. The summed E-state index contributed by atoms with van der Waals surface area (Å²) in [6.07, 6.45) is 0. The second-order valence-corrected chi connectivity index (χ2v) is 5.26. The number of esters is 1. The predicted octanol–water partition coefficient (Wildman–Crippen LogP) is 1.67. The Balaban J connectivity index is 4.53. The molecule has 0 fully saturated rings. The van der Waals surface area contributed by atoms with Crippen LogP contribution in [0.25, 0.3) is 0 Å². The van der Waals surface area contributed by atoms with E-state index in [1.165, 1.54) is 0 Å². The summed E-state index contributed by atoms with van der Waals surface area (Å²) in [6, 6.07) is -0.974. The maximum absolute atomic E-state index is 11.9. The smallest absolute Gasteiger partial charge is 0.329 e. The van der Waals surface area contributed by atoms with Crippen LogP contribution in [0.1, 0.15) is 41.5 Å². The second kappa shape index (κ2) is 6.47. The summed E-state index contributed by atoms with van der Waals surface area (Å²) >= 11 is 0. The number of carbonyl (C=O) groups excluding carboxylic acids is 2. The van der Waals surface area contributed by atoms with Crippen molar-refractivity contribution >= 4 is 12.0 Å². The summed E-state index contributed by atoms with van der Waals surface area (Å²) in [5.41, 5.74) is -0.548. The molecule has 100 valence electrons. The van der Waals surface area contributed by atoms with Gasteiger partial charge in [0.15, 0.2) is 0 Å². The molecule has 2 N–H and O–H groups in total.